The van der Waals surface area contributed by atoms with Crippen molar-refractivity contribution in [1.29, 1.82) is 0 Å². The number of aryl methyl sites for hydroxylation is 2. The Morgan fingerprint density at radius 1 is 1.33 bits per heavy atom. The first kappa shape index (κ1) is 16.2. The predicted molar refractivity (Wildman–Crippen MR) is 91.4 cm³/mol. The number of pyridine rings is 1. The van der Waals surface area contributed by atoms with Gasteiger partial charge in [0.1, 0.15) is 5.69 Å². The summed E-state index contributed by atoms with van der Waals surface area (Å²) >= 11 is 6.19. The van der Waals surface area contributed by atoms with Crippen molar-refractivity contribution in [2.24, 2.45) is 0 Å². The van der Waals surface area contributed by atoms with Gasteiger partial charge in [-0.2, -0.15) is 10.2 Å². The molecule has 3 aromatic rings. The molecule has 0 saturated heterocycles. The summed E-state index contributed by atoms with van der Waals surface area (Å²) in [6.07, 6.45) is 7.13. The highest BCUT2D eigenvalue weighted by Gasteiger charge is 2.18. The molecule has 0 aliphatic heterocycles. The number of amides is 1. The Balaban J connectivity index is 1.72. The van der Waals surface area contributed by atoms with Crippen LogP contribution in [0.1, 0.15) is 12.1 Å². The monoisotopic (exact) mass is 344 g/mol. The number of carbonyl (C=O) groups excluding carboxylic acids is 1. The summed E-state index contributed by atoms with van der Waals surface area (Å²) in [6, 6.07) is 5.58. The molecule has 7 nitrogen and oxygen atoms in total. The largest absolute Gasteiger partial charge is 0.311 e. The van der Waals surface area contributed by atoms with E-state index in [2.05, 4.69) is 15.2 Å². The van der Waals surface area contributed by atoms with Crippen LogP contribution in [0, 0.1) is 6.92 Å². The van der Waals surface area contributed by atoms with Gasteiger partial charge in [-0.05, 0) is 25.1 Å². The lowest BCUT2D eigenvalue weighted by molar-refractivity contribution is -0.118. The van der Waals surface area contributed by atoms with Gasteiger partial charge in [-0.15, -0.1) is 0 Å². The minimum Gasteiger partial charge on any atom is -0.311 e. The molecule has 0 aliphatic rings. The summed E-state index contributed by atoms with van der Waals surface area (Å²) in [7, 11) is 1.69. The zero-order valence-corrected chi connectivity index (χ0v) is 14.2. The van der Waals surface area contributed by atoms with Gasteiger partial charge in [0.2, 0.25) is 5.91 Å². The molecular weight excluding hydrogens is 328 g/mol. The highest BCUT2D eigenvalue weighted by atomic mass is 35.5. The van der Waals surface area contributed by atoms with Crippen molar-refractivity contribution in [2.45, 2.75) is 19.9 Å². The number of hydrogen-bond donors (Lipinski definition) is 0. The molecule has 0 spiro atoms. The summed E-state index contributed by atoms with van der Waals surface area (Å²) in [5.41, 5.74) is 2.36. The Morgan fingerprint density at radius 3 is 2.83 bits per heavy atom. The molecule has 3 heterocycles. The first-order valence-electron chi connectivity index (χ1n) is 7.47. The number of aromatic nitrogens is 5. The Labute approximate surface area is 144 Å². The van der Waals surface area contributed by atoms with Crippen LogP contribution >= 0.6 is 11.6 Å². The van der Waals surface area contributed by atoms with E-state index < -0.39 is 0 Å². The van der Waals surface area contributed by atoms with E-state index in [9.17, 15) is 4.79 Å². The third kappa shape index (κ3) is 3.30. The summed E-state index contributed by atoms with van der Waals surface area (Å²) in [6.45, 7) is 2.48. The fraction of sp³-hybridized carbons (Fsp3) is 0.250. The lowest BCUT2D eigenvalue weighted by Gasteiger charge is -2.15. The molecule has 8 heteroatoms. The van der Waals surface area contributed by atoms with E-state index in [0.29, 0.717) is 18.7 Å². The van der Waals surface area contributed by atoms with E-state index in [4.69, 9.17) is 11.6 Å². The fourth-order valence-corrected chi connectivity index (χ4v) is 2.58. The molecule has 0 aromatic carbocycles. The molecule has 0 unspecified atom stereocenters. The van der Waals surface area contributed by atoms with Crippen molar-refractivity contribution in [1.82, 2.24) is 24.5 Å². The van der Waals surface area contributed by atoms with E-state index >= 15 is 0 Å². The van der Waals surface area contributed by atoms with Gasteiger partial charge in [-0.1, -0.05) is 11.6 Å². The molecule has 3 aromatic heterocycles. The van der Waals surface area contributed by atoms with Gasteiger partial charge in [0.15, 0.2) is 5.15 Å². The Hall–Kier alpha value is -2.67. The van der Waals surface area contributed by atoms with Crippen LogP contribution in [0.25, 0.3) is 5.69 Å². The minimum atomic E-state index is -0.0578. The topological polar surface area (TPSA) is 68.8 Å². The molecule has 0 fully saturated rings. The van der Waals surface area contributed by atoms with E-state index in [0.717, 1.165) is 11.4 Å². The lowest BCUT2D eigenvalue weighted by Crippen LogP contribution is -2.27. The number of nitrogens with zero attached hydrogens (tertiary/aromatic N) is 6. The first-order valence-corrected chi connectivity index (χ1v) is 7.84. The second-order valence-electron chi connectivity index (χ2n) is 5.36. The van der Waals surface area contributed by atoms with Gasteiger partial charge in [0.05, 0.1) is 18.1 Å². The number of hydrogen-bond acceptors (Lipinski definition) is 4. The summed E-state index contributed by atoms with van der Waals surface area (Å²) < 4.78 is 3.40. The van der Waals surface area contributed by atoms with Crippen molar-refractivity contribution >= 4 is 23.2 Å². The third-order valence-corrected chi connectivity index (χ3v) is 4.03. The number of anilines is 1. The van der Waals surface area contributed by atoms with Crippen molar-refractivity contribution in [3.05, 3.63) is 53.8 Å². The first-order chi connectivity index (χ1) is 11.6. The smallest absolute Gasteiger partial charge is 0.228 e. The van der Waals surface area contributed by atoms with Crippen molar-refractivity contribution in [2.75, 3.05) is 11.9 Å². The maximum atomic E-state index is 12.4. The van der Waals surface area contributed by atoms with Crippen molar-refractivity contribution in [3.63, 3.8) is 0 Å². The third-order valence-electron chi connectivity index (χ3n) is 3.76. The number of carbonyl (C=O) groups is 1. The van der Waals surface area contributed by atoms with Gasteiger partial charge in [0, 0.05) is 38.1 Å². The standard InChI is InChI=1S/C16H17ClN6O/c1-12-5-8-19-22(12)9-6-15(24)21(2)14-11-23(20-16(14)17)13-4-3-7-18-10-13/h3-5,7-8,10-11H,6,9H2,1-2H3. The normalized spacial score (nSPS) is 10.8. The van der Waals surface area contributed by atoms with E-state index in [1.165, 1.54) is 4.90 Å². The van der Waals surface area contributed by atoms with Gasteiger partial charge in [-0.3, -0.25) is 14.5 Å². The molecule has 0 N–H and O–H groups in total. The minimum absolute atomic E-state index is 0.0578. The summed E-state index contributed by atoms with van der Waals surface area (Å²) in [5, 5.41) is 8.69. The van der Waals surface area contributed by atoms with Crippen LogP contribution in [0.2, 0.25) is 5.15 Å². The molecule has 0 saturated carbocycles. The van der Waals surface area contributed by atoms with Gasteiger partial charge in [-0.25, -0.2) is 4.68 Å². The van der Waals surface area contributed by atoms with Gasteiger partial charge in [0.25, 0.3) is 0 Å². The maximum Gasteiger partial charge on any atom is 0.228 e. The van der Waals surface area contributed by atoms with E-state index in [1.54, 1.807) is 41.2 Å². The molecule has 1 amide bonds. The zero-order chi connectivity index (χ0) is 17.1. The molecule has 124 valence electrons. The Morgan fingerprint density at radius 2 is 2.17 bits per heavy atom. The maximum absolute atomic E-state index is 12.4. The van der Waals surface area contributed by atoms with Crippen LogP contribution in [0.3, 0.4) is 0 Å². The van der Waals surface area contributed by atoms with Crippen molar-refractivity contribution in [3.8, 4) is 5.69 Å². The highest BCUT2D eigenvalue weighted by molar-refractivity contribution is 6.32. The number of halogens is 1. The van der Waals surface area contributed by atoms with E-state index in [-0.39, 0.29) is 11.1 Å². The van der Waals surface area contributed by atoms with Crippen LogP contribution in [-0.4, -0.2) is 37.5 Å². The molecular formula is C16H17ClN6O. The second kappa shape index (κ2) is 6.84. The molecule has 0 atom stereocenters. The zero-order valence-electron chi connectivity index (χ0n) is 13.4. The SMILES string of the molecule is Cc1ccnn1CCC(=O)N(C)c1cn(-c2cccnc2)nc1Cl. The highest BCUT2D eigenvalue weighted by Crippen LogP contribution is 2.25. The van der Waals surface area contributed by atoms with Crippen LogP contribution in [0.4, 0.5) is 5.69 Å². The molecule has 0 radical (unpaired) electrons. The van der Waals surface area contributed by atoms with Crippen molar-refractivity contribution < 1.29 is 4.79 Å². The van der Waals surface area contributed by atoms with Crippen LogP contribution < -0.4 is 4.90 Å². The Bertz CT molecular complexity index is 841. The molecule has 0 aliphatic carbocycles. The van der Waals surface area contributed by atoms with Gasteiger partial charge < -0.3 is 4.90 Å². The lowest BCUT2D eigenvalue weighted by atomic mass is 10.3. The molecule has 3 rings (SSSR count). The molecule has 24 heavy (non-hydrogen) atoms. The quantitative estimate of drug-likeness (QED) is 0.713. The Kier molecular flexibility index (Phi) is 4.61. The average Bonchev–Trinajstić information content (AvgIpc) is 3.18. The van der Waals surface area contributed by atoms with Crippen LogP contribution in [-0.2, 0) is 11.3 Å². The predicted octanol–water partition coefficient (Wildman–Crippen LogP) is 2.48. The summed E-state index contributed by atoms with van der Waals surface area (Å²) in [5.74, 6) is -0.0578. The van der Waals surface area contributed by atoms with E-state index in [1.807, 2.05) is 25.1 Å². The van der Waals surface area contributed by atoms with Gasteiger partial charge >= 0.3 is 0 Å². The van der Waals surface area contributed by atoms with Crippen LogP contribution in [0.15, 0.2) is 43.0 Å². The molecule has 0 bridgehead atoms. The summed E-state index contributed by atoms with van der Waals surface area (Å²) in [4.78, 5) is 18.0. The fourth-order valence-electron chi connectivity index (χ4n) is 2.33. The van der Waals surface area contributed by atoms with Crippen LogP contribution in [0.5, 0.6) is 0 Å². The second-order valence-corrected chi connectivity index (χ2v) is 5.72. The average molecular weight is 345 g/mol. The number of rotatable bonds is 5.